The molecule has 0 bridgehead atoms. The minimum atomic E-state index is -0.251. The molecule has 1 saturated heterocycles. The Balaban J connectivity index is 2.48. The summed E-state index contributed by atoms with van der Waals surface area (Å²) >= 11 is 0. The lowest BCUT2D eigenvalue weighted by molar-refractivity contribution is -0.132. The van der Waals surface area contributed by atoms with Crippen molar-refractivity contribution >= 4 is 11.7 Å². The molecule has 0 spiro atoms. The van der Waals surface area contributed by atoms with Gasteiger partial charge in [0.05, 0.1) is 19.1 Å². The summed E-state index contributed by atoms with van der Waals surface area (Å²) in [5.41, 5.74) is 5.54. The molecular formula is C10H19N3O3. The highest BCUT2D eigenvalue weighted by atomic mass is 16.5. The van der Waals surface area contributed by atoms with Crippen LogP contribution in [0.4, 0.5) is 0 Å². The van der Waals surface area contributed by atoms with E-state index in [2.05, 4.69) is 5.16 Å². The van der Waals surface area contributed by atoms with Crippen molar-refractivity contribution in [2.24, 2.45) is 10.9 Å². The van der Waals surface area contributed by atoms with Crippen LogP contribution in [0.5, 0.6) is 0 Å². The molecule has 0 saturated carbocycles. The molecule has 0 aromatic carbocycles. The average Bonchev–Trinajstić information content (AvgIpc) is 2.77. The first-order valence-electron chi connectivity index (χ1n) is 5.55. The highest BCUT2D eigenvalue weighted by Gasteiger charge is 2.31. The van der Waals surface area contributed by atoms with Crippen LogP contribution in [0, 0.1) is 0 Å². The minimum Gasteiger partial charge on any atom is -0.409 e. The number of nitrogens with two attached hydrogens (primary N) is 1. The van der Waals surface area contributed by atoms with Crippen molar-refractivity contribution in [3.8, 4) is 0 Å². The normalized spacial score (nSPS) is 21.4. The Bertz CT molecular complexity index is 268. The number of oxime groups is 1. The van der Waals surface area contributed by atoms with Crippen LogP contribution >= 0.6 is 0 Å². The summed E-state index contributed by atoms with van der Waals surface area (Å²) in [5.74, 6) is 0.116. The second-order valence-corrected chi connectivity index (χ2v) is 3.72. The van der Waals surface area contributed by atoms with Crippen LogP contribution < -0.4 is 5.73 Å². The summed E-state index contributed by atoms with van der Waals surface area (Å²) in [4.78, 5) is 13.5. The van der Waals surface area contributed by atoms with Crippen molar-refractivity contribution in [2.75, 3.05) is 19.8 Å². The van der Waals surface area contributed by atoms with Crippen molar-refractivity contribution in [1.29, 1.82) is 0 Å². The zero-order valence-electron chi connectivity index (χ0n) is 9.56. The molecule has 1 aliphatic heterocycles. The van der Waals surface area contributed by atoms with Crippen molar-refractivity contribution in [3.63, 3.8) is 0 Å². The maximum Gasteiger partial charge on any atom is 0.225 e. The molecular weight excluding hydrogens is 210 g/mol. The molecule has 1 amide bonds. The molecule has 92 valence electrons. The lowest BCUT2D eigenvalue weighted by atomic mass is 10.2. The van der Waals surface area contributed by atoms with Gasteiger partial charge in [-0.25, -0.2) is 0 Å². The van der Waals surface area contributed by atoms with E-state index in [-0.39, 0.29) is 17.8 Å². The van der Waals surface area contributed by atoms with E-state index in [0.29, 0.717) is 26.2 Å². The first-order chi connectivity index (χ1) is 7.70. The summed E-state index contributed by atoms with van der Waals surface area (Å²) in [6, 6.07) is -0.251. The molecule has 3 N–H and O–H groups in total. The van der Waals surface area contributed by atoms with E-state index in [4.69, 9.17) is 15.7 Å². The highest BCUT2D eigenvalue weighted by molar-refractivity contribution is 5.90. The van der Waals surface area contributed by atoms with Crippen molar-refractivity contribution in [1.82, 2.24) is 4.90 Å². The van der Waals surface area contributed by atoms with Gasteiger partial charge >= 0.3 is 0 Å². The molecule has 16 heavy (non-hydrogen) atoms. The van der Waals surface area contributed by atoms with Gasteiger partial charge in [-0.05, 0) is 19.8 Å². The Hall–Kier alpha value is -1.30. The SMILES string of the molecule is CCOCCC(=O)N1CCCC1C(N)=NO. The number of hydrogen-bond acceptors (Lipinski definition) is 4. The quantitative estimate of drug-likeness (QED) is 0.231. The Morgan fingerprint density at radius 3 is 3.06 bits per heavy atom. The molecule has 6 heteroatoms. The number of carbonyl (C=O) groups is 1. The fraction of sp³-hybridized carbons (Fsp3) is 0.800. The van der Waals surface area contributed by atoms with Crippen molar-refractivity contribution < 1.29 is 14.7 Å². The van der Waals surface area contributed by atoms with Crippen LogP contribution in [0.25, 0.3) is 0 Å². The third-order valence-corrected chi connectivity index (χ3v) is 2.69. The van der Waals surface area contributed by atoms with E-state index in [9.17, 15) is 4.79 Å². The van der Waals surface area contributed by atoms with Gasteiger partial charge in [0.2, 0.25) is 5.91 Å². The van der Waals surface area contributed by atoms with E-state index in [1.807, 2.05) is 6.92 Å². The van der Waals surface area contributed by atoms with E-state index in [1.54, 1.807) is 4.90 Å². The van der Waals surface area contributed by atoms with Crippen LogP contribution in [0.1, 0.15) is 26.2 Å². The van der Waals surface area contributed by atoms with Gasteiger partial charge in [0.1, 0.15) is 0 Å². The molecule has 0 radical (unpaired) electrons. The molecule has 1 rings (SSSR count). The van der Waals surface area contributed by atoms with Gasteiger partial charge in [-0.2, -0.15) is 0 Å². The molecule has 0 aromatic heterocycles. The Kier molecular flexibility index (Phi) is 5.04. The largest absolute Gasteiger partial charge is 0.409 e. The predicted molar refractivity (Wildman–Crippen MR) is 59.3 cm³/mol. The molecule has 1 aliphatic rings. The molecule has 1 heterocycles. The Labute approximate surface area is 95.0 Å². The number of likely N-dealkylation sites (tertiary alicyclic amines) is 1. The predicted octanol–water partition coefficient (Wildman–Crippen LogP) is 0.150. The van der Waals surface area contributed by atoms with Crippen LogP contribution in [-0.4, -0.2) is 47.7 Å². The number of carbonyl (C=O) groups excluding carboxylic acids is 1. The highest BCUT2D eigenvalue weighted by Crippen LogP contribution is 2.18. The number of rotatable bonds is 5. The van der Waals surface area contributed by atoms with Crippen LogP contribution in [0.3, 0.4) is 0 Å². The maximum atomic E-state index is 11.8. The minimum absolute atomic E-state index is 0.00236. The van der Waals surface area contributed by atoms with Gasteiger partial charge in [-0.15, -0.1) is 0 Å². The second-order valence-electron chi connectivity index (χ2n) is 3.72. The van der Waals surface area contributed by atoms with Gasteiger partial charge in [0.25, 0.3) is 0 Å². The van der Waals surface area contributed by atoms with Crippen LogP contribution in [-0.2, 0) is 9.53 Å². The van der Waals surface area contributed by atoms with Gasteiger partial charge in [0, 0.05) is 13.2 Å². The van der Waals surface area contributed by atoms with E-state index in [1.165, 1.54) is 0 Å². The van der Waals surface area contributed by atoms with Gasteiger partial charge in [-0.3, -0.25) is 4.79 Å². The first kappa shape index (κ1) is 12.8. The Morgan fingerprint density at radius 2 is 2.44 bits per heavy atom. The lowest BCUT2D eigenvalue weighted by Gasteiger charge is -2.23. The average molecular weight is 229 g/mol. The molecule has 0 aliphatic carbocycles. The summed E-state index contributed by atoms with van der Waals surface area (Å²) in [7, 11) is 0. The van der Waals surface area contributed by atoms with E-state index in [0.717, 1.165) is 12.8 Å². The number of amidine groups is 1. The second kappa shape index (κ2) is 6.32. The van der Waals surface area contributed by atoms with E-state index >= 15 is 0 Å². The van der Waals surface area contributed by atoms with Gasteiger partial charge in [-0.1, -0.05) is 5.16 Å². The lowest BCUT2D eigenvalue weighted by Crippen LogP contribution is -2.44. The van der Waals surface area contributed by atoms with Crippen molar-refractivity contribution in [3.05, 3.63) is 0 Å². The smallest absolute Gasteiger partial charge is 0.225 e. The zero-order valence-corrected chi connectivity index (χ0v) is 9.56. The molecule has 1 unspecified atom stereocenters. The number of nitrogens with zero attached hydrogens (tertiary/aromatic N) is 2. The summed E-state index contributed by atoms with van der Waals surface area (Å²) in [5, 5.41) is 11.6. The van der Waals surface area contributed by atoms with Gasteiger partial charge < -0.3 is 20.6 Å². The first-order valence-corrected chi connectivity index (χ1v) is 5.55. The van der Waals surface area contributed by atoms with Crippen molar-refractivity contribution in [2.45, 2.75) is 32.2 Å². The third kappa shape index (κ3) is 3.10. The summed E-state index contributed by atoms with van der Waals surface area (Å²) in [6.45, 7) is 3.59. The summed E-state index contributed by atoms with van der Waals surface area (Å²) in [6.07, 6.45) is 2.00. The van der Waals surface area contributed by atoms with Crippen LogP contribution in [0.2, 0.25) is 0 Å². The molecule has 0 aromatic rings. The third-order valence-electron chi connectivity index (χ3n) is 2.69. The van der Waals surface area contributed by atoms with Crippen LogP contribution in [0.15, 0.2) is 5.16 Å². The maximum absolute atomic E-state index is 11.8. The molecule has 1 atom stereocenters. The Morgan fingerprint density at radius 1 is 1.69 bits per heavy atom. The van der Waals surface area contributed by atoms with Gasteiger partial charge in [0.15, 0.2) is 5.84 Å². The molecule has 6 nitrogen and oxygen atoms in total. The number of hydrogen-bond donors (Lipinski definition) is 2. The fourth-order valence-corrected chi connectivity index (χ4v) is 1.89. The standard InChI is InChI=1S/C10H19N3O3/c1-2-16-7-5-9(14)13-6-3-4-8(13)10(11)12-15/h8,15H,2-7H2,1H3,(H2,11,12). The fourth-order valence-electron chi connectivity index (χ4n) is 1.89. The summed E-state index contributed by atoms with van der Waals surface area (Å²) < 4.78 is 5.13. The number of ether oxygens (including phenoxy) is 1. The zero-order chi connectivity index (χ0) is 12.0. The number of amides is 1. The monoisotopic (exact) mass is 229 g/mol. The topological polar surface area (TPSA) is 88.2 Å². The molecule has 1 fully saturated rings. The van der Waals surface area contributed by atoms with E-state index < -0.39 is 0 Å².